The molecule has 26 heavy (non-hydrogen) atoms. The van der Waals surface area contributed by atoms with Crippen molar-refractivity contribution in [3.63, 3.8) is 0 Å². The molecular weight excluding hydrogens is 350 g/mol. The van der Waals surface area contributed by atoms with Crippen molar-refractivity contribution >= 4 is 29.1 Å². The summed E-state index contributed by atoms with van der Waals surface area (Å²) in [6.45, 7) is 4.24. The van der Waals surface area contributed by atoms with Crippen LogP contribution >= 0.6 is 11.3 Å². The molecule has 0 aliphatic rings. The second-order valence-electron chi connectivity index (χ2n) is 6.00. The number of pyridine rings is 1. The summed E-state index contributed by atoms with van der Waals surface area (Å²) in [7, 11) is 0. The predicted octanol–water partition coefficient (Wildman–Crippen LogP) is 2.62. The smallest absolute Gasteiger partial charge is 0.268 e. The predicted molar refractivity (Wildman–Crippen MR) is 99.8 cm³/mol. The number of fused-ring (bicyclic) bond motifs is 1. The van der Waals surface area contributed by atoms with Crippen LogP contribution in [0.15, 0.2) is 34.7 Å². The van der Waals surface area contributed by atoms with Crippen LogP contribution in [0.5, 0.6) is 0 Å². The van der Waals surface area contributed by atoms with Crippen molar-refractivity contribution in [2.45, 2.75) is 19.8 Å². The van der Waals surface area contributed by atoms with E-state index in [0.29, 0.717) is 17.1 Å². The number of rotatable bonds is 4. The zero-order valence-electron chi connectivity index (χ0n) is 14.1. The molecule has 4 heterocycles. The molecule has 4 aromatic rings. The lowest BCUT2D eigenvalue weighted by atomic mass is 10.2. The lowest BCUT2D eigenvalue weighted by Crippen LogP contribution is -2.17. The van der Waals surface area contributed by atoms with Crippen LogP contribution in [0.1, 0.15) is 36.0 Å². The van der Waals surface area contributed by atoms with Gasteiger partial charge in [-0.25, -0.2) is 9.97 Å². The van der Waals surface area contributed by atoms with E-state index in [1.807, 2.05) is 18.2 Å². The third-order valence-electron chi connectivity index (χ3n) is 3.86. The minimum atomic E-state index is -0.247. The molecule has 9 heteroatoms. The largest absolute Gasteiger partial charge is 0.269 e. The third-order valence-corrected chi connectivity index (χ3v) is 4.69. The van der Waals surface area contributed by atoms with E-state index in [-0.39, 0.29) is 11.4 Å². The maximum atomic E-state index is 12.7. The van der Waals surface area contributed by atoms with Crippen molar-refractivity contribution in [1.82, 2.24) is 35.0 Å². The van der Waals surface area contributed by atoms with Gasteiger partial charge in [-0.15, -0.1) is 21.5 Å². The van der Waals surface area contributed by atoms with Crippen molar-refractivity contribution in [2.24, 2.45) is 0 Å². The Bertz CT molecular complexity index is 1140. The van der Waals surface area contributed by atoms with Crippen LogP contribution in [0.25, 0.3) is 29.2 Å². The Morgan fingerprint density at radius 3 is 2.88 bits per heavy atom. The maximum absolute atomic E-state index is 12.7. The van der Waals surface area contributed by atoms with E-state index in [2.05, 4.69) is 49.8 Å². The number of tetrazole rings is 1. The zero-order chi connectivity index (χ0) is 18.1. The summed E-state index contributed by atoms with van der Waals surface area (Å²) in [4.78, 5) is 21.6. The highest BCUT2D eigenvalue weighted by Gasteiger charge is 2.11. The van der Waals surface area contributed by atoms with Gasteiger partial charge < -0.3 is 0 Å². The fourth-order valence-electron chi connectivity index (χ4n) is 2.43. The molecule has 0 saturated carbocycles. The van der Waals surface area contributed by atoms with Crippen LogP contribution in [-0.2, 0) is 0 Å². The van der Waals surface area contributed by atoms with Crippen molar-refractivity contribution < 1.29 is 0 Å². The molecule has 4 aromatic heterocycles. The fraction of sp³-hybridized carbons (Fsp3) is 0.176. The number of aromatic amines is 1. The average molecular weight is 365 g/mol. The van der Waals surface area contributed by atoms with Gasteiger partial charge in [0.1, 0.15) is 16.2 Å². The topological polar surface area (TPSA) is 102 Å². The summed E-state index contributed by atoms with van der Waals surface area (Å²) in [5.41, 5.74) is 2.55. The molecule has 0 aromatic carbocycles. The summed E-state index contributed by atoms with van der Waals surface area (Å²) in [6.07, 6.45) is 7.07. The van der Waals surface area contributed by atoms with Gasteiger partial charge in [0.05, 0.1) is 5.69 Å². The van der Waals surface area contributed by atoms with Crippen molar-refractivity contribution in [3.05, 3.63) is 56.5 Å². The molecule has 0 saturated heterocycles. The molecule has 0 amide bonds. The van der Waals surface area contributed by atoms with E-state index in [1.165, 1.54) is 10.6 Å². The van der Waals surface area contributed by atoms with E-state index in [1.54, 1.807) is 23.6 Å². The second-order valence-corrected chi connectivity index (χ2v) is 6.89. The molecule has 8 nitrogen and oxygen atoms in total. The molecule has 130 valence electrons. The van der Waals surface area contributed by atoms with Crippen LogP contribution in [0.3, 0.4) is 0 Å². The van der Waals surface area contributed by atoms with E-state index in [9.17, 15) is 4.79 Å². The first kappa shape index (κ1) is 16.3. The number of nitrogens with one attached hydrogen (secondary N) is 1. The molecule has 4 rings (SSSR count). The van der Waals surface area contributed by atoms with E-state index in [0.717, 1.165) is 16.3 Å². The summed E-state index contributed by atoms with van der Waals surface area (Å²) < 4.78 is 1.48. The average Bonchev–Trinajstić information content (AvgIpc) is 3.32. The maximum Gasteiger partial charge on any atom is 0.269 e. The Labute approximate surface area is 152 Å². The van der Waals surface area contributed by atoms with E-state index >= 15 is 0 Å². The quantitative estimate of drug-likeness (QED) is 0.596. The van der Waals surface area contributed by atoms with Crippen LogP contribution in [0, 0.1) is 0 Å². The van der Waals surface area contributed by atoms with Crippen molar-refractivity contribution in [3.8, 4) is 11.4 Å². The van der Waals surface area contributed by atoms with Crippen LogP contribution in [0.4, 0.5) is 0 Å². The number of thiazole rings is 1. The van der Waals surface area contributed by atoms with Crippen LogP contribution in [0.2, 0.25) is 0 Å². The summed E-state index contributed by atoms with van der Waals surface area (Å²) in [6, 6.07) is 3.70. The first-order valence-electron chi connectivity index (χ1n) is 8.00. The van der Waals surface area contributed by atoms with Crippen molar-refractivity contribution in [1.29, 1.82) is 0 Å². The minimum absolute atomic E-state index is 0.224. The molecular formula is C17H15N7OS. The van der Waals surface area contributed by atoms with Gasteiger partial charge in [0.15, 0.2) is 0 Å². The molecule has 0 aliphatic carbocycles. The first-order chi connectivity index (χ1) is 12.6. The molecule has 0 aliphatic heterocycles. The van der Waals surface area contributed by atoms with Gasteiger partial charge in [0.2, 0.25) is 5.82 Å². The van der Waals surface area contributed by atoms with Gasteiger partial charge >= 0.3 is 0 Å². The molecule has 0 fully saturated rings. The SMILES string of the molecule is CC(C)c1csc(/C=C/c2ccc3ncc(-c4nn[nH]n4)c(=O)n3c2)n1. The minimum Gasteiger partial charge on any atom is -0.268 e. The number of H-pyrrole nitrogens is 1. The van der Waals surface area contributed by atoms with Gasteiger partial charge in [0, 0.05) is 17.8 Å². The van der Waals surface area contributed by atoms with Gasteiger partial charge in [-0.3, -0.25) is 9.20 Å². The highest BCUT2D eigenvalue weighted by atomic mass is 32.1. The number of hydrogen-bond acceptors (Lipinski definition) is 7. The molecule has 0 bridgehead atoms. The Balaban J connectivity index is 1.71. The molecule has 0 atom stereocenters. The van der Waals surface area contributed by atoms with Crippen LogP contribution < -0.4 is 5.56 Å². The molecule has 0 radical (unpaired) electrons. The lowest BCUT2D eigenvalue weighted by Gasteiger charge is -2.03. The standard InChI is InChI=1S/C17H15N7OS/c1-10(2)13-9-26-15(19-13)6-4-11-3-5-14-18-7-12(16-20-22-23-21-16)17(25)24(14)8-11/h3-10H,1-2H3,(H,20,21,22,23)/b6-4+. The second kappa shape index (κ2) is 6.60. The summed E-state index contributed by atoms with van der Waals surface area (Å²) in [5, 5.41) is 16.5. The molecule has 0 spiro atoms. The number of hydrogen-bond donors (Lipinski definition) is 1. The normalized spacial score (nSPS) is 11.8. The van der Waals surface area contributed by atoms with E-state index < -0.39 is 0 Å². The number of aromatic nitrogens is 7. The zero-order valence-corrected chi connectivity index (χ0v) is 14.9. The van der Waals surface area contributed by atoms with Gasteiger partial charge in [-0.1, -0.05) is 19.9 Å². The van der Waals surface area contributed by atoms with Gasteiger partial charge in [-0.05, 0) is 34.9 Å². The lowest BCUT2D eigenvalue weighted by molar-refractivity contribution is 0.832. The highest BCUT2D eigenvalue weighted by molar-refractivity contribution is 7.10. The Morgan fingerprint density at radius 2 is 2.15 bits per heavy atom. The third kappa shape index (κ3) is 3.04. The van der Waals surface area contributed by atoms with Gasteiger partial charge in [-0.2, -0.15) is 5.21 Å². The highest BCUT2D eigenvalue weighted by Crippen LogP contribution is 2.19. The van der Waals surface area contributed by atoms with Crippen molar-refractivity contribution in [2.75, 3.05) is 0 Å². The van der Waals surface area contributed by atoms with Crippen LogP contribution in [-0.4, -0.2) is 35.0 Å². The monoisotopic (exact) mass is 365 g/mol. The van der Waals surface area contributed by atoms with Gasteiger partial charge in [0.25, 0.3) is 5.56 Å². The Kier molecular flexibility index (Phi) is 4.13. The first-order valence-corrected chi connectivity index (χ1v) is 8.88. The number of nitrogens with zero attached hydrogens (tertiary/aromatic N) is 6. The summed E-state index contributed by atoms with van der Waals surface area (Å²) in [5.74, 6) is 0.629. The Hall–Kier alpha value is -3.20. The van der Waals surface area contributed by atoms with E-state index in [4.69, 9.17) is 0 Å². The molecule has 0 unspecified atom stereocenters. The molecule has 1 N–H and O–H groups in total. The summed E-state index contributed by atoms with van der Waals surface area (Å²) >= 11 is 1.60. The fourth-order valence-corrected chi connectivity index (χ4v) is 3.30. The Morgan fingerprint density at radius 1 is 1.27 bits per heavy atom.